The summed E-state index contributed by atoms with van der Waals surface area (Å²) >= 11 is 1.64. The molecule has 0 saturated carbocycles. The molecule has 0 spiro atoms. The van der Waals surface area contributed by atoms with E-state index in [4.69, 9.17) is 9.15 Å². The van der Waals surface area contributed by atoms with E-state index in [1.165, 1.54) is 12.0 Å². The zero-order valence-corrected chi connectivity index (χ0v) is 15.0. The second kappa shape index (κ2) is 7.37. The van der Waals surface area contributed by atoms with Crippen molar-refractivity contribution in [3.63, 3.8) is 0 Å². The molecule has 0 radical (unpaired) electrons. The number of hydrogen-bond acceptors (Lipinski definition) is 6. The van der Waals surface area contributed by atoms with Crippen LogP contribution in [-0.2, 0) is 13.0 Å². The van der Waals surface area contributed by atoms with Gasteiger partial charge in [-0.15, -0.1) is 11.3 Å². The molecule has 0 bridgehead atoms. The predicted molar refractivity (Wildman–Crippen MR) is 96.8 cm³/mol. The average Bonchev–Trinajstić information content (AvgIpc) is 3.38. The van der Waals surface area contributed by atoms with Gasteiger partial charge in [-0.25, -0.2) is 9.97 Å². The van der Waals surface area contributed by atoms with E-state index in [0.717, 1.165) is 49.0 Å². The molecule has 1 saturated heterocycles. The molecule has 1 fully saturated rings. The van der Waals surface area contributed by atoms with Gasteiger partial charge >= 0.3 is 0 Å². The fourth-order valence-corrected chi connectivity index (χ4v) is 3.87. The van der Waals surface area contributed by atoms with Gasteiger partial charge < -0.3 is 9.15 Å². The number of likely N-dealkylation sites (tertiary alicyclic amines) is 1. The van der Waals surface area contributed by atoms with Gasteiger partial charge in [0.05, 0.1) is 30.6 Å². The molecule has 0 amide bonds. The highest BCUT2D eigenvalue weighted by Gasteiger charge is 2.30. The molecule has 3 aromatic rings. The molecule has 2 aromatic heterocycles. The van der Waals surface area contributed by atoms with E-state index in [1.54, 1.807) is 18.4 Å². The first-order chi connectivity index (χ1) is 12.3. The molecule has 25 heavy (non-hydrogen) atoms. The van der Waals surface area contributed by atoms with Crippen LogP contribution in [0.25, 0.3) is 0 Å². The minimum Gasteiger partial charge on any atom is -0.497 e. The minimum atomic E-state index is 0.256. The zero-order valence-electron chi connectivity index (χ0n) is 14.2. The van der Waals surface area contributed by atoms with Gasteiger partial charge in [-0.2, -0.15) is 0 Å². The number of hydrogen-bond donors (Lipinski definition) is 0. The Bertz CT molecular complexity index is 798. The average molecular weight is 355 g/mol. The molecule has 1 atom stereocenters. The van der Waals surface area contributed by atoms with Crippen molar-refractivity contribution >= 4 is 11.3 Å². The summed E-state index contributed by atoms with van der Waals surface area (Å²) in [7, 11) is 1.68. The van der Waals surface area contributed by atoms with Crippen molar-refractivity contribution in [1.29, 1.82) is 0 Å². The van der Waals surface area contributed by atoms with Crippen LogP contribution in [0, 0.1) is 0 Å². The lowest BCUT2D eigenvalue weighted by atomic mass is 10.1. The zero-order chi connectivity index (χ0) is 17.1. The summed E-state index contributed by atoms with van der Waals surface area (Å²) in [5.41, 5.74) is 4.20. The van der Waals surface area contributed by atoms with Crippen molar-refractivity contribution in [2.45, 2.75) is 31.8 Å². The summed E-state index contributed by atoms with van der Waals surface area (Å²) in [6, 6.07) is 8.32. The quantitative estimate of drug-likeness (QED) is 0.667. The highest BCUT2D eigenvalue weighted by atomic mass is 32.1. The van der Waals surface area contributed by atoms with E-state index >= 15 is 0 Å². The molecule has 1 aromatic carbocycles. The third-order valence-electron chi connectivity index (χ3n) is 4.61. The topological polar surface area (TPSA) is 51.4 Å². The number of nitrogens with zero attached hydrogens (tertiary/aromatic N) is 3. The number of aromatic nitrogens is 2. The number of ether oxygens (including phenoxy) is 1. The Labute approximate surface area is 151 Å². The Hall–Kier alpha value is -2.18. The molecular weight excluding hydrogens is 334 g/mol. The number of oxazole rings is 1. The molecule has 0 aliphatic carbocycles. The molecule has 5 nitrogen and oxygen atoms in total. The van der Waals surface area contributed by atoms with Crippen LogP contribution in [0.4, 0.5) is 0 Å². The molecular formula is C19H21N3O2S. The summed E-state index contributed by atoms with van der Waals surface area (Å²) < 4.78 is 11.3. The lowest BCUT2D eigenvalue weighted by molar-refractivity contribution is 0.210. The SMILES string of the molecule is COc1ccc(Cc2cnc([C@@H]3CCCN3Cc3cscn3)o2)cc1. The molecule has 6 heteroatoms. The highest BCUT2D eigenvalue weighted by molar-refractivity contribution is 7.07. The van der Waals surface area contributed by atoms with Crippen molar-refractivity contribution < 1.29 is 9.15 Å². The Kier molecular flexibility index (Phi) is 4.81. The van der Waals surface area contributed by atoms with Gasteiger partial charge in [-0.05, 0) is 37.1 Å². The van der Waals surface area contributed by atoms with Gasteiger partial charge in [-0.3, -0.25) is 4.90 Å². The standard InChI is InChI=1S/C19H21N3O2S/c1-23-16-6-4-14(5-7-16)9-17-10-20-19(24-17)18-3-2-8-22(18)11-15-12-25-13-21-15/h4-7,10,12-13,18H,2-3,8-9,11H2,1H3/t18-/m0/s1. The third-order valence-corrected chi connectivity index (χ3v) is 5.24. The summed E-state index contributed by atoms with van der Waals surface area (Å²) in [4.78, 5) is 11.4. The maximum Gasteiger partial charge on any atom is 0.211 e. The minimum absolute atomic E-state index is 0.256. The Morgan fingerprint density at radius 3 is 2.92 bits per heavy atom. The summed E-state index contributed by atoms with van der Waals surface area (Å²) in [6.45, 7) is 1.93. The van der Waals surface area contributed by atoms with Crippen LogP contribution >= 0.6 is 11.3 Å². The highest BCUT2D eigenvalue weighted by Crippen LogP contribution is 2.33. The van der Waals surface area contributed by atoms with E-state index in [2.05, 4.69) is 32.4 Å². The first-order valence-electron chi connectivity index (χ1n) is 8.50. The summed E-state index contributed by atoms with van der Waals surface area (Å²) in [5, 5.41) is 2.11. The van der Waals surface area contributed by atoms with Crippen molar-refractivity contribution in [2.75, 3.05) is 13.7 Å². The number of benzene rings is 1. The Morgan fingerprint density at radius 1 is 1.28 bits per heavy atom. The number of rotatable bonds is 6. The van der Waals surface area contributed by atoms with Crippen LogP contribution in [0.3, 0.4) is 0 Å². The van der Waals surface area contributed by atoms with E-state index in [-0.39, 0.29) is 6.04 Å². The smallest absolute Gasteiger partial charge is 0.211 e. The van der Waals surface area contributed by atoms with E-state index < -0.39 is 0 Å². The van der Waals surface area contributed by atoms with Crippen molar-refractivity contribution in [2.24, 2.45) is 0 Å². The van der Waals surface area contributed by atoms with E-state index in [0.29, 0.717) is 0 Å². The third kappa shape index (κ3) is 3.75. The first-order valence-corrected chi connectivity index (χ1v) is 9.45. The number of thiazole rings is 1. The molecule has 0 N–H and O–H groups in total. The second-order valence-electron chi connectivity index (χ2n) is 6.30. The van der Waals surface area contributed by atoms with Gasteiger partial charge in [0.1, 0.15) is 11.5 Å². The monoisotopic (exact) mass is 355 g/mol. The van der Waals surface area contributed by atoms with Crippen LogP contribution in [0.15, 0.2) is 45.8 Å². The Balaban J connectivity index is 1.44. The molecule has 1 aliphatic rings. The summed E-state index contributed by atoms with van der Waals surface area (Å²) in [5.74, 6) is 2.60. The van der Waals surface area contributed by atoms with Crippen LogP contribution in [-0.4, -0.2) is 28.5 Å². The lowest BCUT2D eigenvalue weighted by Gasteiger charge is -2.20. The van der Waals surface area contributed by atoms with Crippen LogP contribution in [0.2, 0.25) is 0 Å². The Morgan fingerprint density at radius 2 is 2.16 bits per heavy atom. The van der Waals surface area contributed by atoms with Crippen molar-refractivity contribution in [1.82, 2.24) is 14.9 Å². The summed E-state index contributed by atoms with van der Waals surface area (Å²) in [6.07, 6.45) is 4.87. The fourth-order valence-electron chi connectivity index (χ4n) is 3.32. The first kappa shape index (κ1) is 16.3. The van der Waals surface area contributed by atoms with Crippen LogP contribution in [0.1, 0.15) is 41.8 Å². The van der Waals surface area contributed by atoms with Gasteiger partial charge in [0.25, 0.3) is 0 Å². The van der Waals surface area contributed by atoms with Gasteiger partial charge in [0.15, 0.2) is 0 Å². The lowest BCUT2D eigenvalue weighted by Crippen LogP contribution is -2.23. The second-order valence-corrected chi connectivity index (χ2v) is 7.02. The largest absolute Gasteiger partial charge is 0.497 e. The maximum absolute atomic E-state index is 6.08. The molecule has 1 aliphatic heterocycles. The fraction of sp³-hybridized carbons (Fsp3) is 0.368. The molecule has 4 rings (SSSR count). The molecule has 0 unspecified atom stereocenters. The predicted octanol–water partition coefficient (Wildman–Crippen LogP) is 4.07. The van der Waals surface area contributed by atoms with Crippen LogP contribution < -0.4 is 4.74 Å². The molecule has 3 heterocycles. The van der Waals surface area contributed by atoms with Gasteiger partial charge in [-0.1, -0.05) is 12.1 Å². The van der Waals surface area contributed by atoms with Gasteiger partial charge in [0, 0.05) is 18.3 Å². The van der Waals surface area contributed by atoms with Gasteiger partial charge in [0.2, 0.25) is 5.89 Å². The number of methoxy groups -OCH3 is 1. The van der Waals surface area contributed by atoms with E-state index in [9.17, 15) is 0 Å². The normalized spacial score (nSPS) is 17.9. The molecule has 130 valence electrons. The van der Waals surface area contributed by atoms with Crippen molar-refractivity contribution in [3.8, 4) is 5.75 Å². The maximum atomic E-state index is 6.08. The van der Waals surface area contributed by atoms with Crippen molar-refractivity contribution in [3.05, 3.63) is 64.3 Å². The van der Waals surface area contributed by atoms with Crippen LogP contribution in [0.5, 0.6) is 5.75 Å². The van der Waals surface area contributed by atoms with E-state index in [1.807, 2.05) is 23.8 Å².